The Labute approximate surface area is 107 Å². The van der Waals surface area contributed by atoms with Gasteiger partial charge in [0.25, 0.3) is 0 Å². The summed E-state index contributed by atoms with van der Waals surface area (Å²) in [7, 11) is 1.98. The smallest absolute Gasteiger partial charge is 0.219 e. The van der Waals surface area contributed by atoms with Crippen LogP contribution in [0.15, 0.2) is 0 Å². The first-order valence-corrected chi connectivity index (χ1v) is 6.93. The van der Waals surface area contributed by atoms with Gasteiger partial charge in [0.1, 0.15) is 0 Å². The van der Waals surface area contributed by atoms with E-state index >= 15 is 0 Å². The summed E-state index contributed by atoms with van der Waals surface area (Å²) in [6, 6.07) is 0. The highest BCUT2D eigenvalue weighted by Gasteiger charge is 1.94. The van der Waals surface area contributed by atoms with E-state index in [2.05, 4.69) is 16.0 Å². The van der Waals surface area contributed by atoms with E-state index in [9.17, 15) is 4.79 Å². The van der Waals surface area contributed by atoms with E-state index in [0.717, 1.165) is 26.2 Å². The fraction of sp³-hybridized carbons (Fsp3) is 0.923. The zero-order valence-corrected chi connectivity index (χ0v) is 12.1. The molecule has 0 spiro atoms. The lowest BCUT2D eigenvalue weighted by Crippen LogP contribution is -2.31. The predicted molar refractivity (Wildman–Crippen MR) is 75.3 cm³/mol. The van der Waals surface area contributed by atoms with Crippen LogP contribution in [0.25, 0.3) is 0 Å². The summed E-state index contributed by atoms with van der Waals surface area (Å²) in [4.78, 5) is 10.9. The third-order valence-electron chi connectivity index (χ3n) is 2.23. The second-order valence-corrected chi connectivity index (χ2v) is 3.62. The van der Waals surface area contributed by atoms with E-state index in [1.807, 2.05) is 27.8 Å². The molecule has 17 heavy (non-hydrogen) atoms. The van der Waals surface area contributed by atoms with E-state index < -0.39 is 0 Å². The number of hydrogen-bond acceptors (Lipinski definition) is 3. The maximum absolute atomic E-state index is 10.9. The molecule has 0 bridgehead atoms. The Bertz CT molecular complexity index is 152. The molecule has 0 aromatic carbocycles. The van der Waals surface area contributed by atoms with Gasteiger partial charge in [0.15, 0.2) is 0 Å². The minimum atomic E-state index is 0.130. The van der Waals surface area contributed by atoms with Crippen molar-refractivity contribution in [3.8, 4) is 0 Å². The van der Waals surface area contributed by atoms with Gasteiger partial charge in [-0.2, -0.15) is 0 Å². The SMILES string of the molecule is CC.CCC(=O)NCCNCCCCCNC. The van der Waals surface area contributed by atoms with Crippen molar-refractivity contribution < 1.29 is 4.79 Å². The molecule has 0 aromatic rings. The summed E-state index contributed by atoms with van der Waals surface area (Å²) < 4.78 is 0. The Hall–Kier alpha value is -0.610. The first kappa shape index (κ1) is 18.7. The van der Waals surface area contributed by atoms with E-state index in [1.165, 1.54) is 19.3 Å². The first-order chi connectivity index (χ1) is 8.31. The molecule has 3 N–H and O–H groups in total. The number of hydrogen-bond donors (Lipinski definition) is 3. The highest BCUT2D eigenvalue weighted by Crippen LogP contribution is 1.91. The molecule has 104 valence electrons. The van der Waals surface area contributed by atoms with Crippen molar-refractivity contribution in [1.29, 1.82) is 0 Å². The Balaban J connectivity index is 0. The molecule has 4 heteroatoms. The Morgan fingerprint density at radius 3 is 2.18 bits per heavy atom. The molecular weight excluding hydrogens is 214 g/mol. The van der Waals surface area contributed by atoms with Crippen LogP contribution in [-0.4, -0.2) is 39.1 Å². The minimum absolute atomic E-state index is 0.130. The first-order valence-electron chi connectivity index (χ1n) is 6.93. The van der Waals surface area contributed by atoms with Gasteiger partial charge in [0.05, 0.1) is 0 Å². The third-order valence-corrected chi connectivity index (χ3v) is 2.23. The summed E-state index contributed by atoms with van der Waals surface area (Å²) in [5.41, 5.74) is 0. The van der Waals surface area contributed by atoms with Crippen LogP contribution in [0.1, 0.15) is 46.5 Å². The van der Waals surface area contributed by atoms with Gasteiger partial charge in [0.2, 0.25) is 5.91 Å². The molecule has 0 aliphatic carbocycles. The Morgan fingerprint density at radius 2 is 1.59 bits per heavy atom. The third kappa shape index (κ3) is 18.0. The number of carbonyl (C=O) groups excluding carboxylic acids is 1. The largest absolute Gasteiger partial charge is 0.355 e. The van der Waals surface area contributed by atoms with Gasteiger partial charge in [-0.25, -0.2) is 0 Å². The molecule has 4 nitrogen and oxygen atoms in total. The quantitative estimate of drug-likeness (QED) is 0.512. The molecule has 0 aliphatic rings. The van der Waals surface area contributed by atoms with Crippen molar-refractivity contribution in [2.75, 3.05) is 33.2 Å². The number of amides is 1. The summed E-state index contributed by atoms with van der Waals surface area (Å²) in [6.07, 6.45) is 4.29. The zero-order valence-electron chi connectivity index (χ0n) is 12.1. The monoisotopic (exact) mass is 245 g/mol. The molecule has 1 amide bonds. The van der Waals surface area contributed by atoms with Gasteiger partial charge >= 0.3 is 0 Å². The molecule has 0 heterocycles. The average molecular weight is 245 g/mol. The van der Waals surface area contributed by atoms with Gasteiger partial charge in [0, 0.05) is 19.5 Å². The molecule has 0 saturated heterocycles. The van der Waals surface area contributed by atoms with Crippen LogP contribution < -0.4 is 16.0 Å². The highest BCUT2D eigenvalue weighted by molar-refractivity contribution is 5.75. The number of nitrogens with one attached hydrogen (secondary N) is 3. The Kier molecular flexibility index (Phi) is 19.6. The van der Waals surface area contributed by atoms with Gasteiger partial charge in [-0.1, -0.05) is 27.2 Å². The normalized spacial score (nSPS) is 9.41. The fourth-order valence-electron chi connectivity index (χ4n) is 1.27. The highest BCUT2D eigenvalue weighted by atomic mass is 16.1. The zero-order chi connectivity index (χ0) is 13.4. The molecule has 0 saturated carbocycles. The summed E-state index contributed by atoms with van der Waals surface area (Å²) >= 11 is 0. The van der Waals surface area contributed by atoms with Crippen molar-refractivity contribution in [1.82, 2.24) is 16.0 Å². The van der Waals surface area contributed by atoms with Crippen molar-refractivity contribution in [2.45, 2.75) is 46.5 Å². The standard InChI is InChI=1S/C11H25N3O.C2H6/c1-3-11(15)14-10-9-13-8-6-4-5-7-12-2;1-2/h12-13H,3-10H2,1-2H3,(H,14,15);1-2H3. The molecule has 0 fully saturated rings. The van der Waals surface area contributed by atoms with E-state index in [0.29, 0.717) is 6.42 Å². The van der Waals surface area contributed by atoms with Crippen LogP contribution in [0.5, 0.6) is 0 Å². The number of unbranched alkanes of at least 4 members (excludes halogenated alkanes) is 2. The lowest BCUT2D eigenvalue weighted by atomic mass is 10.2. The van der Waals surface area contributed by atoms with Crippen molar-refractivity contribution in [3.05, 3.63) is 0 Å². The van der Waals surface area contributed by atoms with Crippen LogP contribution in [-0.2, 0) is 4.79 Å². The predicted octanol–water partition coefficient (Wildman–Crippen LogP) is 1.52. The lowest BCUT2D eigenvalue weighted by Gasteiger charge is -2.05. The van der Waals surface area contributed by atoms with E-state index in [1.54, 1.807) is 0 Å². The van der Waals surface area contributed by atoms with Crippen molar-refractivity contribution in [3.63, 3.8) is 0 Å². The number of rotatable bonds is 10. The average Bonchev–Trinajstić information content (AvgIpc) is 2.39. The molecule has 0 aliphatic heterocycles. The maximum atomic E-state index is 10.9. The number of carbonyl (C=O) groups is 1. The lowest BCUT2D eigenvalue weighted by molar-refractivity contribution is -0.120. The van der Waals surface area contributed by atoms with Gasteiger partial charge in [-0.15, -0.1) is 0 Å². The van der Waals surface area contributed by atoms with Crippen LogP contribution in [0.2, 0.25) is 0 Å². The van der Waals surface area contributed by atoms with Gasteiger partial charge in [-0.05, 0) is 33.0 Å². The second-order valence-electron chi connectivity index (χ2n) is 3.62. The molecular formula is C13H31N3O. The van der Waals surface area contributed by atoms with Crippen LogP contribution in [0, 0.1) is 0 Å². The molecule has 0 radical (unpaired) electrons. The summed E-state index contributed by atoms with van der Waals surface area (Å²) in [6.45, 7) is 9.63. The van der Waals surface area contributed by atoms with E-state index in [4.69, 9.17) is 0 Å². The molecule has 0 aromatic heterocycles. The topological polar surface area (TPSA) is 53.2 Å². The molecule has 0 atom stereocenters. The molecule has 0 unspecified atom stereocenters. The van der Waals surface area contributed by atoms with Gasteiger partial charge < -0.3 is 16.0 Å². The second kappa shape index (κ2) is 17.8. The van der Waals surface area contributed by atoms with Crippen LogP contribution in [0.3, 0.4) is 0 Å². The summed E-state index contributed by atoms with van der Waals surface area (Å²) in [5.74, 6) is 0.130. The van der Waals surface area contributed by atoms with Crippen LogP contribution in [0.4, 0.5) is 0 Å². The van der Waals surface area contributed by atoms with Crippen LogP contribution >= 0.6 is 0 Å². The van der Waals surface area contributed by atoms with Crippen molar-refractivity contribution in [2.24, 2.45) is 0 Å². The van der Waals surface area contributed by atoms with Crippen molar-refractivity contribution >= 4 is 5.91 Å². The minimum Gasteiger partial charge on any atom is -0.355 e. The van der Waals surface area contributed by atoms with Gasteiger partial charge in [-0.3, -0.25) is 4.79 Å². The fourth-order valence-corrected chi connectivity index (χ4v) is 1.27. The summed E-state index contributed by atoms with van der Waals surface area (Å²) in [5, 5.41) is 9.27. The maximum Gasteiger partial charge on any atom is 0.219 e. The Morgan fingerprint density at radius 1 is 0.941 bits per heavy atom. The molecule has 0 rings (SSSR count). The van der Waals surface area contributed by atoms with E-state index in [-0.39, 0.29) is 5.91 Å².